The second kappa shape index (κ2) is 8.63. The van der Waals surface area contributed by atoms with Crippen molar-refractivity contribution >= 4 is 18.2 Å². The minimum atomic E-state index is -0.987. The molecule has 0 aliphatic carbocycles. The molecule has 1 unspecified atom stereocenters. The largest absolute Gasteiger partial charge is 0.481 e. The standard InChI is InChI=1S/C13H24N2O4/c1-4-9(6-12(17)18)11(7-16)15-13(19)10(14)5-8(2)3/h7-11H,4-6,14H2,1-3H3,(H,15,19)(H,17,18)/t9?,10-,11+/m0/s1. The molecule has 0 aromatic carbocycles. The molecule has 110 valence electrons. The quantitative estimate of drug-likeness (QED) is 0.531. The summed E-state index contributed by atoms with van der Waals surface area (Å²) in [6, 6.07) is -1.48. The van der Waals surface area contributed by atoms with E-state index in [9.17, 15) is 14.4 Å². The maximum Gasteiger partial charge on any atom is 0.303 e. The van der Waals surface area contributed by atoms with E-state index >= 15 is 0 Å². The molecule has 0 heterocycles. The summed E-state index contributed by atoms with van der Waals surface area (Å²) >= 11 is 0. The van der Waals surface area contributed by atoms with E-state index in [0.29, 0.717) is 19.1 Å². The Balaban J connectivity index is 4.56. The molecule has 4 N–H and O–H groups in total. The Bertz CT molecular complexity index is 318. The number of carboxylic acids is 1. The molecule has 6 heteroatoms. The summed E-state index contributed by atoms with van der Waals surface area (Å²) in [5.41, 5.74) is 5.72. The van der Waals surface area contributed by atoms with Crippen LogP contribution >= 0.6 is 0 Å². The predicted octanol–water partition coefficient (Wildman–Crippen LogP) is 0.544. The fourth-order valence-electron chi connectivity index (χ4n) is 1.90. The summed E-state index contributed by atoms with van der Waals surface area (Å²) in [7, 11) is 0. The van der Waals surface area contributed by atoms with E-state index in [2.05, 4.69) is 5.32 Å². The maximum atomic E-state index is 11.8. The molecule has 0 saturated heterocycles. The minimum absolute atomic E-state index is 0.153. The number of carboxylic acid groups (broad SMARTS) is 1. The zero-order valence-corrected chi connectivity index (χ0v) is 11.8. The Morgan fingerprint density at radius 2 is 1.95 bits per heavy atom. The van der Waals surface area contributed by atoms with Crippen LogP contribution in [0.2, 0.25) is 0 Å². The van der Waals surface area contributed by atoms with Crippen molar-refractivity contribution in [3.8, 4) is 0 Å². The lowest BCUT2D eigenvalue weighted by Gasteiger charge is -2.23. The summed E-state index contributed by atoms with van der Waals surface area (Å²) in [6.45, 7) is 5.68. The molecule has 6 nitrogen and oxygen atoms in total. The van der Waals surface area contributed by atoms with E-state index in [1.165, 1.54) is 0 Å². The van der Waals surface area contributed by atoms with Crippen molar-refractivity contribution in [3.05, 3.63) is 0 Å². The Morgan fingerprint density at radius 1 is 1.37 bits per heavy atom. The molecule has 0 spiro atoms. The van der Waals surface area contributed by atoms with Gasteiger partial charge < -0.3 is 21.0 Å². The zero-order chi connectivity index (χ0) is 15.0. The monoisotopic (exact) mass is 272 g/mol. The van der Waals surface area contributed by atoms with Gasteiger partial charge in [0.2, 0.25) is 5.91 Å². The summed E-state index contributed by atoms with van der Waals surface area (Å²) in [6.07, 6.45) is 1.44. The van der Waals surface area contributed by atoms with Gasteiger partial charge in [0.1, 0.15) is 6.29 Å². The normalized spacial score (nSPS) is 15.6. The number of aldehydes is 1. The number of carbonyl (C=O) groups excluding carboxylic acids is 2. The second-order valence-electron chi connectivity index (χ2n) is 5.17. The van der Waals surface area contributed by atoms with Crippen molar-refractivity contribution in [3.63, 3.8) is 0 Å². The van der Waals surface area contributed by atoms with Gasteiger partial charge in [0, 0.05) is 0 Å². The first kappa shape index (κ1) is 17.6. The van der Waals surface area contributed by atoms with Crippen LogP contribution in [0.5, 0.6) is 0 Å². The van der Waals surface area contributed by atoms with Crippen molar-refractivity contribution in [2.24, 2.45) is 17.6 Å². The highest BCUT2D eigenvalue weighted by Crippen LogP contribution is 2.13. The molecule has 3 atom stereocenters. The molecule has 0 aromatic heterocycles. The summed E-state index contributed by atoms with van der Waals surface area (Å²) in [4.78, 5) is 33.5. The predicted molar refractivity (Wildman–Crippen MR) is 71.5 cm³/mol. The molecule has 0 saturated carbocycles. The fraction of sp³-hybridized carbons (Fsp3) is 0.769. The molecular formula is C13H24N2O4. The van der Waals surface area contributed by atoms with Gasteiger partial charge in [-0.15, -0.1) is 0 Å². The first-order valence-corrected chi connectivity index (χ1v) is 6.54. The van der Waals surface area contributed by atoms with Crippen LogP contribution < -0.4 is 11.1 Å². The van der Waals surface area contributed by atoms with Crippen LogP contribution in [0.4, 0.5) is 0 Å². The van der Waals surface area contributed by atoms with E-state index in [0.717, 1.165) is 0 Å². The lowest BCUT2D eigenvalue weighted by molar-refractivity contribution is -0.139. The Morgan fingerprint density at radius 3 is 2.32 bits per heavy atom. The van der Waals surface area contributed by atoms with Crippen LogP contribution in [0.25, 0.3) is 0 Å². The van der Waals surface area contributed by atoms with E-state index in [4.69, 9.17) is 10.8 Å². The van der Waals surface area contributed by atoms with Crippen LogP contribution in [0.15, 0.2) is 0 Å². The van der Waals surface area contributed by atoms with Crippen molar-refractivity contribution < 1.29 is 19.5 Å². The van der Waals surface area contributed by atoms with Gasteiger partial charge in [-0.3, -0.25) is 9.59 Å². The third kappa shape index (κ3) is 6.91. The van der Waals surface area contributed by atoms with Crippen LogP contribution in [0.1, 0.15) is 40.0 Å². The number of rotatable bonds is 9. The second-order valence-corrected chi connectivity index (χ2v) is 5.17. The van der Waals surface area contributed by atoms with Gasteiger partial charge in [-0.2, -0.15) is 0 Å². The molecule has 0 radical (unpaired) electrons. The summed E-state index contributed by atoms with van der Waals surface area (Å²) in [5, 5.41) is 11.3. The molecule has 0 fully saturated rings. The summed E-state index contributed by atoms with van der Waals surface area (Å²) < 4.78 is 0. The number of amides is 1. The van der Waals surface area contributed by atoms with E-state index in [1.54, 1.807) is 6.92 Å². The van der Waals surface area contributed by atoms with Crippen molar-refractivity contribution in [1.82, 2.24) is 5.32 Å². The number of nitrogens with one attached hydrogen (secondary N) is 1. The molecule has 0 aliphatic rings. The Hall–Kier alpha value is -1.43. The van der Waals surface area contributed by atoms with Crippen LogP contribution in [-0.4, -0.2) is 35.4 Å². The lowest BCUT2D eigenvalue weighted by Crippen LogP contribution is -2.49. The average Bonchev–Trinajstić information content (AvgIpc) is 2.31. The van der Waals surface area contributed by atoms with Gasteiger partial charge in [0.25, 0.3) is 0 Å². The minimum Gasteiger partial charge on any atom is -0.481 e. The SMILES string of the molecule is CCC(CC(=O)O)[C@@H](C=O)NC(=O)[C@@H](N)CC(C)C. The first-order chi connectivity index (χ1) is 8.81. The van der Waals surface area contributed by atoms with Crippen LogP contribution in [0, 0.1) is 11.8 Å². The van der Waals surface area contributed by atoms with Gasteiger partial charge in [-0.05, 0) is 18.3 Å². The number of hydrogen-bond donors (Lipinski definition) is 3. The smallest absolute Gasteiger partial charge is 0.303 e. The number of aliphatic carboxylic acids is 1. The number of hydrogen-bond acceptors (Lipinski definition) is 4. The lowest BCUT2D eigenvalue weighted by atomic mass is 9.93. The van der Waals surface area contributed by atoms with Gasteiger partial charge in [-0.25, -0.2) is 0 Å². The van der Waals surface area contributed by atoms with E-state index in [1.807, 2.05) is 13.8 Å². The first-order valence-electron chi connectivity index (χ1n) is 6.54. The van der Waals surface area contributed by atoms with Crippen molar-refractivity contribution in [2.75, 3.05) is 0 Å². The molecular weight excluding hydrogens is 248 g/mol. The average molecular weight is 272 g/mol. The third-order valence-electron chi connectivity index (χ3n) is 2.99. The van der Waals surface area contributed by atoms with Crippen molar-refractivity contribution in [1.29, 1.82) is 0 Å². The molecule has 0 bridgehead atoms. The van der Waals surface area contributed by atoms with Gasteiger partial charge in [0.15, 0.2) is 0 Å². The topological polar surface area (TPSA) is 109 Å². The van der Waals surface area contributed by atoms with E-state index < -0.39 is 29.9 Å². The maximum absolute atomic E-state index is 11.8. The molecule has 0 aliphatic heterocycles. The molecule has 1 amide bonds. The van der Waals surface area contributed by atoms with Gasteiger partial charge >= 0.3 is 5.97 Å². The van der Waals surface area contributed by atoms with E-state index in [-0.39, 0.29) is 12.3 Å². The van der Waals surface area contributed by atoms with Gasteiger partial charge in [0.05, 0.1) is 18.5 Å². The molecule has 0 aromatic rings. The number of nitrogens with two attached hydrogens (primary N) is 1. The number of carbonyl (C=O) groups is 3. The molecule has 0 rings (SSSR count). The van der Waals surface area contributed by atoms with Crippen LogP contribution in [-0.2, 0) is 14.4 Å². The van der Waals surface area contributed by atoms with Crippen LogP contribution in [0.3, 0.4) is 0 Å². The van der Waals surface area contributed by atoms with Crippen molar-refractivity contribution in [2.45, 2.75) is 52.1 Å². The fourth-order valence-corrected chi connectivity index (χ4v) is 1.90. The Labute approximate surface area is 113 Å². The highest BCUT2D eigenvalue weighted by molar-refractivity contribution is 5.84. The Kier molecular flexibility index (Phi) is 7.98. The van der Waals surface area contributed by atoms with Gasteiger partial charge in [-0.1, -0.05) is 27.2 Å². The third-order valence-corrected chi connectivity index (χ3v) is 2.99. The highest BCUT2D eigenvalue weighted by Gasteiger charge is 2.26. The molecule has 19 heavy (non-hydrogen) atoms. The summed E-state index contributed by atoms with van der Waals surface area (Å²) in [5.74, 6) is -1.53. The zero-order valence-electron chi connectivity index (χ0n) is 11.8. The highest BCUT2D eigenvalue weighted by atomic mass is 16.4.